The van der Waals surface area contributed by atoms with Crippen molar-refractivity contribution in [3.8, 4) is 5.75 Å². The van der Waals surface area contributed by atoms with Gasteiger partial charge in [-0.2, -0.15) is 9.97 Å². The van der Waals surface area contributed by atoms with Crippen molar-refractivity contribution >= 4 is 22.9 Å². The van der Waals surface area contributed by atoms with E-state index < -0.39 is 0 Å². The number of aromatic amines is 1. The third kappa shape index (κ3) is 2.39. The summed E-state index contributed by atoms with van der Waals surface area (Å²) in [5.41, 5.74) is 9.82. The minimum Gasteiger partial charge on any atom is -0.496 e. The predicted molar refractivity (Wildman–Crippen MR) is 83.7 cm³/mol. The Kier molecular flexibility index (Phi) is 3.50. The van der Waals surface area contributed by atoms with E-state index in [1.54, 1.807) is 19.6 Å². The van der Waals surface area contributed by atoms with Crippen molar-refractivity contribution in [2.24, 2.45) is 0 Å². The van der Waals surface area contributed by atoms with E-state index in [9.17, 15) is 0 Å². The van der Waals surface area contributed by atoms with E-state index in [1.807, 2.05) is 13.8 Å². The molecule has 4 N–H and O–H groups in total. The van der Waals surface area contributed by atoms with Gasteiger partial charge >= 0.3 is 0 Å². The van der Waals surface area contributed by atoms with Gasteiger partial charge < -0.3 is 20.8 Å². The van der Waals surface area contributed by atoms with Crippen LogP contribution in [0, 0.1) is 13.8 Å². The molecule has 3 rings (SSSR count). The van der Waals surface area contributed by atoms with Crippen molar-refractivity contribution in [1.29, 1.82) is 0 Å². The Hall–Kier alpha value is -2.90. The summed E-state index contributed by atoms with van der Waals surface area (Å²) in [7, 11) is 1.66. The Morgan fingerprint density at radius 1 is 1.27 bits per heavy atom. The van der Waals surface area contributed by atoms with E-state index in [-0.39, 0.29) is 5.95 Å². The van der Waals surface area contributed by atoms with Gasteiger partial charge in [-0.1, -0.05) is 0 Å². The highest BCUT2D eigenvalue weighted by molar-refractivity contribution is 5.83. The molecule has 3 heterocycles. The van der Waals surface area contributed by atoms with E-state index in [0.717, 1.165) is 22.6 Å². The number of aryl methyl sites for hydroxylation is 1. The smallest absolute Gasteiger partial charge is 0.224 e. The number of pyridine rings is 1. The molecule has 3 aromatic rings. The lowest BCUT2D eigenvalue weighted by molar-refractivity contribution is 0.407. The van der Waals surface area contributed by atoms with Crippen LogP contribution in [0.3, 0.4) is 0 Å². The van der Waals surface area contributed by atoms with Crippen molar-refractivity contribution in [2.45, 2.75) is 20.4 Å². The van der Waals surface area contributed by atoms with Gasteiger partial charge in [-0.05, 0) is 13.8 Å². The monoisotopic (exact) mass is 299 g/mol. The number of anilines is 2. The van der Waals surface area contributed by atoms with E-state index in [1.165, 1.54) is 0 Å². The van der Waals surface area contributed by atoms with Crippen LogP contribution in [0.5, 0.6) is 5.75 Å². The van der Waals surface area contributed by atoms with E-state index in [0.29, 0.717) is 23.5 Å². The lowest BCUT2D eigenvalue weighted by Crippen LogP contribution is -2.09. The molecule has 0 saturated carbocycles. The standard InChI is InChI=1S/C14H17N7O/c1-7-4-16-9(8(2)11(7)22-3)5-17-12-10-13(19-6-18-10)21-14(15)20-12/h4,6H,5H2,1-3H3,(H4,15,17,18,19,20,21). The molecule has 0 unspecified atom stereocenters. The van der Waals surface area contributed by atoms with Gasteiger partial charge in [-0.3, -0.25) is 4.98 Å². The van der Waals surface area contributed by atoms with Gasteiger partial charge in [0.05, 0.1) is 25.7 Å². The summed E-state index contributed by atoms with van der Waals surface area (Å²) >= 11 is 0. The van der Waals surface area contributed by atoms with Gasteiger partial charge in [0.25, 0.3) is 0 Å². The summed E-state index contributed by atoms with van der Waals surface area (Å²) in [4.78, 5) is 19.8. The summed E-state index contributed by atoms with van der Waals surface area (Å²) in [5.74, 6) is 1.62. The Bertz CT molecular complexity index is 827. The third-order valence-electron chi connectivity index (χ3n) is 3.48. The van der Waals surface area contributed by atoms with Crippen LogP contribution in [0.15, 0.2) is 12.5 Å². The van der Waals surface area contributed by atoms with Crippen LogP contribution >= 0.6 is 0 Å². The summed E-state index contributed by atoms with van der Waals surface area (Å²) in [6, 6.07) is 0. The Morgan fingerprint density at radius 2 is 2.09 bits per heavy atom. The number of hydrogen-bond donors (Lipinski definition) is 3. The number of hydrogen-bond acceptors (Lipinski definition) is 7. The Balaban J connectivity index is 1.90. The van der Waals surface area contributed by atoms with Crippen LogP contribution in [0.4, 0.5) is 11.8 Å². The van der Waals surface area contributed by atoms with Gasteiger partial charge in [-0.15, -0.1) is 0 Å². The first kappa shape index (κ1) is 14.1. The highest BCUT2D eigenvalue weighted by Gasteiger charge is 2.12. The number of nitrogens with zero attached hydrogens (tertiary/aromatic N) is 4. The van der Waals surface area contributed by atoms with Crippen molar-refractivity contribution in [3.63, 3.8) is 0 Å². The largest absolute Gasteiger partial charge is 0.496 e. The number of methoxy groups -OCH3 is 1. The molecule has 8 nitrogen and oxygen atoms in total. The molecule has 0 fully saturated rings. The fourth-order valence-corrected chi connectivity index (χ4v) is 2.39. The van der Waals surface area contributed by atoms with Crippen LogP contribution < -0.4 is 15.8 Å². The first-order chi connectivity index (χ1) is 10.6. The highest BCUT2D eigenvalue weighted by atomic mass is 16.5. The van der Waals surface area contributed by atoms with E-state index in [2.05, 4.69) is 30.2 Å². The fraction of sp³-hybridized carbons (Fsp3) is 0.286. The maximum absolute atomic E-state index is 5.70. The topological polar surface area (TPSA) is 115 Å². The molecule has 22 heavy (non-hydrogen) atoms. The third-order valence-corrected chi connectivity index (χ3v) is 3.48. The first-order valence-electron chi connectivity index (χ1n) is 6.79. The second-order valence-corrected chi connectivity index (χ2v) is 4.93. The lowest BCUT2D eigenvalue weighted by Gasteiger charge is -2.13. The average molecular weight is 299 g/mol. The van der Waals surface area contributed by atoms with Gasteiger partial charge in [0, 0.05) is 17.3 Å². The van der Waals surface area contributed by atoms with Gasteiger partial charge in [0.15, 0.2) is 11.5 Å². The molecular weight excluding hydrogens is 282 g/mol. The van der Waals surface area contributed by atoms with E-state index in [4.69, 9.17) is 10.5 Å². The summed E-state index contributed by atoms with van der Waals surface area (Å²) in [5, 5.41) is 3.22. The molecule has 0 aliphatic rings. The molecule has 0 aromatic carbocycles. The number of nitrogen functional groups attached to an aromatic ring is 1. The molecule has 0 bridgehead atoms. The number of fused-ring (bicyclic) bond motifs is 1. The van der Waals surface area contributed by atoms with Crippen molar-refractivity contribution in [3.05, 3.63) is 29.3 Å². The zero-order chi connectivity index (χ0) is 15.7. The molecule has 0 amide bonds. The van der Waals surface area contributed by atoms with Crippen LogP contribution in [0.2, 0.25) is 0 Å². The highest BCUT2D eigenvalue weighted by Crippen LogP contribution is 2.25. The molecular formula is C14H17N7O. The number of nitrogens with two attached hydrogens (primary N) is 1. The SMILES string of the molecule is COc1c(C)cnc(CNc2nc(N)nc3nc[nH]c23)c1C. The van der Waals surface area contributed by atoms with Gasteiger partial charge in [0.1, 0.15) is 11.3 Å². The minimum atomic E-state index is 0.174. The van der Waals surface area contributed by atoms with Gasteiger partial charge in [0.2, 0.25) is 5.95 Å². The number of ether oxygens (including phenoxy) is 1. The molecule has 0 aliphatic carbocycles. The molecule has 0 saturated heterocycles. The molecule has 8 heteroatoms. The average Bonchev–Trinajstić information content (AvgIpc) is 2.95. The minimum absolute atomic E-state index is 0.174. The molecule has 114 valence electrons. The van der Waals surface area contributed by atoms with Crippen LogP contribution in [-0.2, 0) is 6.54 Å². The van der Waals surface area contributed by atoms with Crippen LogP contribution in [0.1, 0.15) is 16.8 Å². The molecule has 0 aliphatic heterocycles. The number of H-pyrrole nitrogens is 1. The molecule has 0 spiro atoms. The van der Waals surface area contributed by atoms with Gasteiger partial charge in [-0.25, -0.2) is 4.98 Å². The number of aromatic nitrogens is 5. The van der Waals surface area contributed by atoms with E-state index >= 15 is 0 Å². The molecule has 0 radical (unpaired) electrons. The second kappa shape index (κ2) is 5.47. The van der Waals surface area contributed by atoms with Crippen molar-refractivity contribution < 1.29 is 4.74 Å². The quantitative estimate of drug-likeness (QED) is 0.669. The lowest BCUT2D eigenvalue weighted by atomic mass is 10.1. The fourth-order valence-electron chi connectivity index (χ4n) is 2.39. The predicted octanol–water partition coefficient (Wildman–Crippen LogP) is 1.57. The summed E-state index contributed by atoms with van der Waals surface area (Å²) < 4.78 is 5.42. The Labute approximate surface area is 127 Å². The summed E-state index contributed by atoms with van der Waals surface area (Å²) in [6.07, 6.45) is 3.35. The number of rotatable bonds is 4. The normalized spacial score (nSPS) is 10.9. The van der Waals surface area contributed by atoms with Crippen LogP contribution in [0.25, 0.3) is 11.2 Å². The number of nitrogens with one attached hydrogen (secondary N) is 2. The number of imidazole rings is 1. The zero-order valence-electron chi connectivity index (χ0n) is 12.6. The Morgan fingerprint density at radius 3 is 2.86 bits per heavy atom. The molecule has 0 atom stereocenters. The van der Waals surface area contributed by atoms with Crippen molar-refractivity contribution in [2.75, 3.05) is 18.2 Å². The maximum atomic E-state index is 5.70. The van der Waals surface area contributed by atoms with Crippen molar-refractivity contribution in [1.82, 2.24) is 24.9 Å². The van der Waals surface area contributed by atoms with Crippen LogP contribution in [-0.4, -0.2) is 32.0 Å². The first-order valence-corrected chi connectivity index (χ1v) is 6.79. The second-order valence-electron chi connectivity index (χ2n) is 4.93. The molecule has 3 aromatic heterocycles. The zero-order valence-corrected chi connectivity index (χ0v) is 12.6. The maximum Gasteiger partial charge on any atom is 0.224 e. The summed E-state index contributed by atoms with van der Waals surface area (Å²) in [6.45, 7) is 4.44.